The van der Waals surface area contributed by atoms with Crippen LogP contribution in [0.1, 0.15) is 23.1 Å². The number of nitrogens with two attached hydrogens (primary N) is 2. The lowest BCUT2D eigenvalue weighted by molar-refractivity contribution is 0.342. The molecule has 14 heteroatoms. The molecule has 42 heavy (non-hydrogen) atoms. The second kappa shape index (κ2) is 12.8. The summed E-state index contributed by atoms with van der Waals surface area (Å²) in [6, 6.07) is 24.5. The van der Waals surface area contributed by atoms with Gasteiger partial charge in [-0.25, -0.2) is 0 Å². The smallest absolute Gasteiger partial charge is 0.295 e. The van der Waals surface area contributed by atoms with Gasteiger partial charge in [-0.3, -0.25) is 13.7 Å². The van der Waals surface area contributed by atoms with Gasteiger partial charge in [0.15, 0.2) is 0 Å². The molecule has 0 fully saturated rings. The van der Waals surface area contributed by atoms with Gasteiger partial charge >= 0.3 is 0 Å². The summed E-state index contributed by atoms with van der Waals surface area (Å²) in [4.78, 5) is -0.0859. The molecule has 0 bridgehead atoms. The summed E-state index contributed by atoms with van der Waals surface area (Å²) in [6.07, 6.45) is 7.66. The van der Waals surface area contributed by atoms with Crippen LogP contribution in [0.4, 0.5) is 0 Å². The van der Waals surface area contributed by atoms with Gasteiger partial charge in [-0.15, -0.1) is 0 Å². The van der Waals surface area contributed by atoms with Crippen LogP contribution in [0.15, 0.2) is 108 Å². The minimum atomic E-state index is -5.27. The average Bonchev–Trinajstić information content (AvgIpc) is 2.91. The van der Waals surface area contributed by atoms with E-state index in [1.807, 2.05) is 30.3 Å². The summed E-state index contributed by atoms with van der Waals surface area (Å²) in [5.41, 5.74) is 11.5. The molecule has 0 heterocycles. The lowest BCUT2D eigenvalue weighted by Crippen LogP contribution is -2.63. The van der Waals surface area contributed by atoms with Crippen molar-refractivity contribution in [1.29, 1.82) is 0 Å². The minimum absolute atomic E-state index is 0.0859. The Hall–Kier alpha value is -3.47. The Labute approximate surface area is 245 Å². The average molecular weight is 635 g/mol. The highest BCUT2D eigenvalue weighted by Gasteiger charge is 2.62. The second-order valence-electron chi connectivity index (χ2n) is 9.46. The summed E-state index contributed by atoms with van der Waals surface area (Å²) >= 11 is 0. The largest absolute Gasteiger partial charge is 0.310 e. The molecule has 1 aliphatic carbocycles. The Balaban J connectivity index is 0.000000240. The molecule has 0 aromatic heterocycles. The molecule has 4 rings (SSSR count). The van der Waals surface area contributed by atoms with E-state index in [-0.39, 0.29) is 4.90 Å². The van der Waals surface area contributed by atoms with Gasteiger partial charge in [0.1, 0.15) is 4.90 Å². The summed E-state index contributed by atoms with van der Waals surface area (Å²) in [7, 11) is -14.7. The fourth-order valence-corrected chi connectivity index (χ4v) is 7.90. The Kier molecular flexibility index (Phi) is 10.1. The molecule has 1 unspecified atom stereocenters. The van der Waals surface area contributed by atoms with Gasteiger partial charge in [0.05, 0.1) is 5.66 Å². The summed E-state index contributed by atoms with van der Waals surface area (Å²) in [5.74, 6) is -1.39. The van der Waals surface area contributed by atoms with Gasteiger partial charge in [0.25, 0.3) is 30.4 Å². The van der Waals surface area contributed by atoms with Gasteiger partial charge in [0.2, 0.25) is 4.08 Å². The van der Waals surface area contributed by atoms with Crippen LogP contribution in [0.2, 0.25) is 0 Å². The summed E-state index contributed by atoms with van der Waals surface area (Å²) < 4.78 is 95.3. The van der Waals surface area contributed by atoms with Gasteiger partial charge < -0.3 is 11.5 Å². The van der Waals surface area contributed by atoms with Gasteiger partial charge in [-0.2, -0.15) is 25.3 Å². The van der Waals surface area contributed by atoms with Crippen LogP contribution in [0.3, 0.4) is 0 Å². The normalized spacial score (nSPS) is 18.5. The molecule has 0 aliphatic heterocycles. The Morgan fingerprint density at radius 3 is 1.64 bits per heavy atom. The molecule has 224 valence electrons. The number of rotatable bonds is 7. The zero-order valence-electron chi connectivity index (χ0n) is 22.0. The maximum absolute atomic E-state index is 11.9. The number of hydrogen-bond acceptors (Lipinski definition) is 8. The van der Waals surface area contributed by atoms with Crippen LogP contribution in [-0.2, 0) is 30.4 Å². The highest BCUT2D eigenvalue weighted by Crippen LogP contribution is 2.43. The van der Waals surface area contributed by atoms with Crippen molar-refractivity contribution in [1.82, 2.24) is 0 Å². The minimum Gasteiger partial charge on any atom is -0.310 e. The topological polar surface area (TPSA) is 215 Å². The summed E-state index contributed by atoms with van der Waals surface area (Å²) in [6.45, 7) is 0. The van der Waals surface area contributed by atoms with Crippen molar-refractivity contribution in [2.24, 2.45) is 17.4 Å². The molecule has 1 atom stereocenters. The van der Waals surface area contributed by atoms with Crippen molar-refractivity contribution in [2.45, 2.75) is 21.1 Å². The second-order valence-corrected chi connectivity index (χ2v) is 14.5. The molecule has 3 aromatic carbocycles. The van der Waals surface area contributed by atoms with Gasteiger partial charge in [-0.1, -0.05) is 115 Å². The van der Waals surface area contributed by atoms with E-state index < -0.39 is 52.4 Å². The van der Waals surface area contributed by atoms with Gasteiger partial charge in [-0.05, 0) is 22.8 Å². The first-order valence-electron chi connectivity index (χ1n) is 12.2. The Bertz CT molecular complexity index is 1770. The molecule has 11 nitrogen and oxygen atoms in total. The van der Waals surface area contributed by atoms with E-state index in [0.717, 1.165) is 11.6 Å². The van der Waals surface area contributed by atoms with Crippen molar-refractivity contribution in [3.8, 4) is 0 Å². The molecule has 0 saturated carbocycles. The maximum Gasteiger partial charge on any atom is 0.295 e. The molecular formula is C28H30N2O9S3. The van der Waals surface area contributed by atoms with Crippen molar-refractivity contribution < 1.29 is 38.9 Å². The van der Waals surface area contributed by atoms with Crippen molar-refractivity contribution in [2.75, 3.05) is 0 Å². The quantitative estimate of drug-likeness (QED) is 0.110. The Morgan fingerprint density at radius 1 is 0.667 bits per heavy atom. The van der Waals surface area contributed by atoms with Crippen molar-refractivity contribution in [3.63, 3.8) is 0 Å². The van der Waals surface area contributed by atoms with E-state index in [1.165, 1.54) is 24.3 Å². The van der Waals surface area contributed by atoms with Crippen LogP contribution in [0, 0.1) is 5.92 Å². The number of hydrogen-bond donors (Lipinski definition) is 5. The maximum atomic E-state index is 11.9. The molecule has 0 amide bonds. The first kappa shape index (κ1) is 33.0. The lowest BCUT2D eigenvalue weighted by Gasteiger charge is -2.40. The Morgan fingerprint density at radius 2 is 1.14 bits per heavy atom. The molecule has 0 radical (unpaired) electrons. The molecule has 7 N–H and O–H groups in total. The molecule has 0 spiro atoms. The fourth-order valence-electron chi connectivity index (χ4n) is 4.29. The van der Waals surface area contributed by atoms with Crippen LogP contribution < -0.4 is 11.5 Å². The predicted octanol–water partition coefficient (Wildman–Crippen LogP) is 3.47. The van der Waals surface area contributed by atoms with E-state index >= 15 is 0 Å². The van der Waals surface area contributed by atoms with Crippen LogP contribution in [-0.4, -0.2) is 48.7 Å². The SMILES string of the molecule is NC1(N)C=CC(C=Cc2ccccc2)C(S(=O)(=O)O)(S(=O)(=O)O)C1.O=S(=O)(O)c1ccccc1C=Cc1ccccc1. The molecule has 0 saturated heterocycles. The third kappa shape index (κ3) is 8.08. The van der Waals surface area contributed by atoms with Crippen LogP contribution in [0.5, 0.6) is 0 Å². The predicted molar refractivity (Wildman–Crippen MR) is 161 cm³/mol. The van der Waals surface area contributed by atoms with E-state index in [1.54, 1.807) is 60.7 Å². The van der Waals surface area contributed by atoms with Crippen LogP contribution in [0.25, 0.3) is 18.2 Å². The van der Waals surface area contributed by atoms with Crippen LogP contribution >= 0.6 is 0 Å². The number of allylic oxidation sites excluding steroid dienone is 2. The fraction of sp³-hybridized carbons (Fsp3) is 0.143. The third-order valence-corrected chi connectivity index (χ3v) is 11.1. The lowest BCUT2D eigenvalue weighted by atomic mass is 9.87. The van der Waals surface area contributed by atoms with Gasteiger partial charge in [0, 0.05) is 12.3 Å². The molecule has 3 aromatic rings. The number of benzene rings is 3. The van der Waals surface area contributed by atoms with E-state index in [0.29, 0.717) is 11.1 Å². The zero-order chi connectivity index (χ0) is 31.2. The van der Waals surface area contributed by atoms with Crippen molar-refractivity contribution in [3.05, 3.63) is 120 Å². The van der Waals surface area contributed by atoms with E-state index in [2.05, 4.69) is 0 Å². The highest BCUT2D eigenvalue weighted by atomic mass is 32.3. The first-order chi connectivity index (χ1) is 19.5. The highest BCUT2D eigenvalue weighted by molar-refractivity contribution is 8.05. The van der Waals surface area contributed by atoms with Crippen molar-refractivity contribution >= 4 is 48.6 Å². The monoisotopic (exact) mass is 634 g/mol. The zero-order valence-corrected chi connectivity index (χ0v) is 24.5. The standard InChI is InChI=1S/C14H18N2O6S2.C14H12O3S/c15-13(16)9-8-12(7-6-11-4-2-1-3-5-11)14(10-13,23(17,18)19)24(20,21)22;15-18(16,17)14-9-5-4-8-13(14)11-10-12-6-2-1-3-7-12/h1-9,12H,10,15-16H2,(H,17,18,19)(H,20,21,22);1-11H,(H,15,16,17). The van der Waals surface area contributed by atoms with E-state index in [4.69, 9.17) is 16.0 Å². The third-order valence-electron chi connectivity index (χ3n) is 6.30. The summed E-state index contributed by atoms with van der Waals surface area (Å²) in [5, 5.41) is 0. The first-order valence-corrected chi connectivity index (χ1v) is 16.5. The van der Waals surface area contributed by atoms with E-state index in [9.17, 15) is 34.4 Å². The molecule has 1 aliphatic rings. The molecular weight excluding hydrogens is 605 g/mol.